The first-order chi connectivity index (χ1) is 16.1. The molecular weight excluding hydrogens is 417 g/mol. The summed E-state index contributed by atoms with van der Waals surface area (Å²) in [5.74, 6) is 0.938. The zero-order valence-corrected chi connectivity index (χ0v) is 19.0. The number of anilines is 1. The highest BCUT2D eigenvalue weighted by Crippen LogP contribution is 2.41. The Morgan fingerprint density at radius 2 is 1.73 bits per heavy atom. The lowest BCUT2D eigenvalue weighted by Crippen LogP contribution is -2.35. The summed E-state index contributed by atoms with van der Waals surface area (Å²) in [6, 6.07) is 11.4. The summed E-state index contributed by atoms with van der Waals surface area (Å²) in [5, 5.41) is 12.9. The van der Waals surface area contributed by atoms with Gasteiger partial charge in [0.15, 0.2) is 5.65 Å². The van der Waals surface area contributed by atoms with Crippen LogP contribution in [0, 0.1) is 5.82 Å². The summed E-state index contributed by atoms with van der Waals surface area (Å²) >= 11 is 0. The van der Waals surface area contributed by atoms with E-state index in [1.807, 2.05) is 41.6 Å². The standard InChI is InChI=1S/C25H28FN7/c1-27-21-15-33-22(28-21)10-9-20(29-33)23-24(16-3-5-18(26)6-4-16)30-31(2)25(23)17-11-13-32(14-12-17)19-7-8-19/h3-6,9-10,15,17,19,27H,7-8,11-14H2,1-2H3. The first kappa shape index (κ1) is 20.4. The number of rotatable bonds is 5. The van der Waals surface area contributed by atoms with Crippen molar-refractivity contribution in [2.24, 2.45) is 7.05 Å². The van der Waals surface area contributed by atoms with Gasteiger partial charge < -0.3 is 10.2 Å². The summed E-state index contributed by atoms with van der Waals surface area (Å²) in [6.45, 7) is 2.26. The van der Waals surface area contributed by atoms with Crippen LogP contribution in [0.4, 0.5) is 10.2 Å². The van der Waals surface area contributed by atoms with E-state index in [0.717, 1.165) is 66.0 Å². The molecule has 2 aliphatic rings. The number of aromatic nitrogens is 5. The maximum absolute atomic E-state index is 13.7. The van der Waals surface area contributed by atoms with E-state index in [-0.39, 0.29) is 5.82 Å². The molecule has 0 spiro atoms. The number of hydrogen-bond donors (Lipinski definition) is 1. The van der Waals surface area contributed by atoms with Crippen LogP contribution < -0.4 is 5.32 Å². The highest BCUT2D eigenvalue weighted by Gasteiger charge is 2.34. The molecule has 7 nitrogen and oxygen atoms in total. The summed E-state index contributed by atoms with van der Waals surface area (Å²) in [4.78, 5) is 7.17. The van der Waals surface area contributed by atoms with Gasteiger partial charge in [-0.1, -0.05) is 0 Å². The zero-order valence-electron chi connectivity index (χ0n) is 19.0. The molecule has 2 fully saturated rings. The van der Waals surface area contributed by atoms with Crippen LogP contribution in [0.5, 0.6) is 0 Å². The molecule has 33 heavy (non-hydrogen) atoms. The van der Waals surface area contributed by atoms with Gasteiger partial charge in [0.05, 0.1) is 23.1 Å². The average molecular weight is 446 g/mol. The van der Waals surface area contributed by atoms with Gasteiger partial charge in [0.2, 0.25) is 0 Å². The molecule has 0 atom stereocenters. The SMILES string of the molecule is CNc1cn2nc(-c3c(-c4ccc(F)cc4)nn(C)c3C3CCN(C4CC4)CC3)ccc2n1. The third kappa shape index (κ3) is 3.68. The second kappa shape index (κ2) is 7.95. The number of nitrogens with one attached hydrogen (secondary N) is 1. The van der Waals surface area contributed by atoms with Crippen molar-refractivity contribution in [1.29, 1.82) is 0 Å². The molecule has 8 heteroatoms. The normalized spacial score (nSPS) is 17.7. The number of benzene rings is 1. The maximum Gasteiger partial charge on any atom is 0.156 e. The van der Waals surface area contributed by atoms with Crippen molar-refractivity contribution in [3.63, 3.8) is 0 Å². The molecule has 1 aliphatic heterocycles. The van der Waals surface area contributed by atoms with E-state index in [2.05, 4.69) is 15.2 Å². The highest BCUT2D eigenvalue weighted by atomic mass is 19.1. The summed E-state index contributed by atoms with van der Waals surface area (Å²) in [5.41, 5.74) is 5.63. The van der Waals surface area contributed by atoms with Gasteiger partial charge in [-0.05, 0) is 75.2 Å². The summed E-state index contributed by atoms with van der Waals surface area (Å²) in [6.07, 6.45) is 6.81. The van der Waals surface area contributed by atoms with Crippen LogP contribution in [0.25, 0.3) is 28.2 Å². The van der Waals surface area contributed by atoms with Crippen LogP contribution in [-0.2, 0) is 7.05 Å². The maximum atomic E-state index is 13.7. The van der Waals surface area contributed by atoms with Crippen molar-refractivity contribution in [3.8, 4) is 22.5 Å². The third-order valence-corrected chi connectivity index (χ3v) is 7.02. The van der Waals surface area contributed by atoms with Crippen molar-refractivity contribution >= 4 is 11.5 Å². The molecule has 3 aromatic heterocycles. The Balaban J connectivity index is 1.47. The summed E-state index contributed by atoms with van der Waals surface area (Å²) < 4.78 is 17.5. The smallest absolute Gasteiger partial charge is 0.156 e. The van der Waals surface area contributed by atoms with Crippen molar-refractivity contribution in [1.82, 2.24) is 29.3 Å². The molecule has 1 aromatic carbocycles. The number of piperidine rings is 1. The molecular formula is C25H28FN7. The van der Waals surface area contributed by atoms with Crippen LogP contribution in [0.1, 0.15) is 37.3 Å². The number of imidazole rings is 1. The lowest BCUT2D eigenvalue weighted by molar-refractivity contribution is 0.200. The van der Waals surface area contributed by atoms with Crippen LogP contribution in [0.2, 0.25) is 0 Å². The largest absolute Gasteiger partial charge is 0.372 e. The summed E-state index contributed by atoms with van der Waals surface area (Å²) in [7, 11) is 3.87. The van der Waals surface area contributed by atoms with E-state index < -0.39 is 0 Å². The molecule has 1 saturated heterocycles. The lowest BCUT2D eigenvalue weighted by atomic mass is 9.88. The fraction of sp³-hybridized carbons (Fsp3) is 0.400. The third-order valence-electron chi connectivity index (χ3n) is 7.02. The molecule has 4 aromatic rings. The van der Waals surface area contributed by atoms with E-state index >= 15 is 0 Å². The molecule has 0 radical (unpaired) electrons. The van der Waals surface area contributed by atoms with Gasteiger partial charge in [0.1, 0.15) is 17.3 Å². The Kier molecular flexibility index (Phi) is 4.90. The molecule has 170 valence electrons. The van der Waals surface area contributed by atoms with Gasteiger partial charge in [-0.3, -0.25) is 4.68 Å². The number of nitrogens with zero attached hydrogens (tertiary/aromatic N) is 6. The van der Waals surface area contributed by atoms with Crippen LogP contribution in [-0.4, -0.2) is 55.5 Å². The number of fused-ring (bicyclic) bond motifs is 1. The van der Waals surface area contributed by atoms with Gasteiger partial charge in [-0.2, -0.15) is 10.2 Å². The Hall–Kier alpha value is -3.26. The first-order valence-corrected chi connectivity index (χ1v) is 11.7. The molecule has 0 amide bonds. The minimum absolute atomic E-state index is 0.249. The Bertz CT molecular complexity index is 1290. The Labute approximate surface area is 192 Å². The fourth-order valence-electron chi connectivity index (χ4n) is 5.18. The predicted molar refractivity (Wildman–Crippen MR) is 127 cm³/mol. The molecule has 1 saturated carbocycles. The minimum atomic E-state index is -0.249. The van der Waals surface area contributed by atoms with Gasteiger partial charge >= 0.3 is 0 Å². The number of hydrogen-bond acceptors (Lipinski definition) is 5. The molecule has 0 bridgehead atoms. The zero-order chi connectivity index (χ0) is 22.5. The number of halogens is 1. The minimum Gasteiger partial charge on any atom is -0.372 e. The first-order valence-electron chi connectivity index (χ1n) is 11.7. The van der Waals surface area contributed by atoms with E-state index in [4.69, 9.17) is 10.2 Å². The Morgan fingerprint density at radius 3 is 2.42 bits per heavy atom. The highest BCUT2D eigenvalue weighted by molar-refractivity contribution is 5.81. The molecule has 0 unspecified atom stereocenters. The Morgan fingerprint density at radius 1 is 0.970 bits per heavy atom. The van der Waals surface area contributed by atoms with Crippen LogP contribution in [0.3, 0.4) is 0 Å². The molecule has 1 aliphatic carbocycles. The lowest BCUT2D eigenvalue weighted by Gasteiger charge is -2.32. The fourth-order valence-corrected chi connectivity index (χ4v) is 5.18. The van der Waals surface area contributed by atoms with Crippen LogP contribution in [0.15, 0.2) is 42.6 Å². The molecule has 1 N–H and O–H groups in total. The van der Waals surface area contributed by atoms with Crippen molar-refractivity contribution < 1.29 is 4.39 Å². The van der Waals surface area contributed by atoms with E-state index in [1.165, 1.54) is 30.7 Å². The topological polar surface area (TPSA) is 63.3 Å². The van der Waals surface area contributed by atoms with Gasteiger partial charge in [0, 0.05) is 31.6 Å². The predicted octanol–water partition coefficient (Wildman–Crippen LogP) is 4.32. The van der Waals surface area contributed by atoms with Gasteiger partial charge in [0.25, 0.3) is 0 Å². The van der Waals surface area contributed by atoms with Gasteiger partial charge in [-0.15, -0.1) is 0 Å². The molecule has 6 rings (SSSR count). The van der Waals surface area contributed by atoms with Gasteiger partial charge in [-0.25, -0.2) is 13.9 Å². The number of aryl methyl sites for hydroxylation is 1. The number of likely N-dealkylation sites (tertiary alicyclic amines) is 1. The monoisotopic (exact) mass is 445 g/mol. The van der Waals surface area contributed by atoms with E-state index in [9.17, 15) is 4.39 Å². The van der Waals surface area contributed by atoms with E-state index in [1.54, 1.807) is 12.1 Å². The second-order valence-corrected chi connectivity index (χ2v) is 9.18. The average Bonchev–Trinajstić information content (AvgIpc) is 3.51. The second-order valence-electron chi connectivity index (χ2n) is 9.18. The van der Waals surface area contributed by atoms with Crippen molar-refractivity contribution in [2.75, 3.05) is 25.5 Å². The quantitative estimate of drug-likeness (QED) is 0.496. The van der Waals surface area contributed by atoms with Crippen molar-refractivity contribution in [2.45, 2.75) is 37.6 Å². The molecule has 4 heterocycles. The van der Waals surface area contributed by atoms with Crippen molar-refractivity contribution in [3.05, 3.63) is 54.1 Å². The van der Waals surface area contributed by atoms with Crippen LogP contribution >= 0.6 is 0 Å². The van der Waals surface area contributed by atoms with E-state index in [0.29, 0.717) is 5.92 Å².